The molecule has 0 atom stereocenters. The van der Waals surface area contributed by atoms with E-state index in [0.29, 0.717) is 5.56 Å². The number of carbonyl (C=O) groups is 1. The number of halogens is 1. The van der Waals surface area contributed by atoms with Crippen molar-refractivity contribution in [3.63, 3.8) is 0 Å². The number of hydrogen-bond acceptors (Lipinski definition) is 3. The monoisotopic (exact) mass is 248 g/mol. The maximum atomic E-state index is 13.3. The molecule has 0 spiro atoms. The first-order chi connectivity index (χ1) is 8.66. The Kier molecular flexibility index (Phi) is 3.66. The fourth-order valence-electron chi connectivity index (χ4n) is 1.49. The summed E-state index contributed by atoms with van der Waals surface area (Å²) in [4.78, 5) is 11.6. The Bertz CT molecular complexity index is 553. The van der Waals surface area contributed by atoms with E-state index < -0.39 is 0 Å². The zero-order valence-corrected chi connectivity index (χ0v) is 9.93. The molecule has 5 nitrogen and oxygen atoms in total. The third-order valence-electron chi connectivity index (χ3n) is 2.54. The number of benzene rings is 1. The van der Waals surface area contributed by atoms with Crippen LogP contribution < -0.4 is 5.32 Å². The highest BCUT2D eigenvalue weighted by atomic mass is 19.1. The molecule has 2 rings (SSSR count). The van der Waals surface area contributed by atoms with E-state index in [-0.39, 0.29) is 24.8 Å². The number of aromatic nitrogens is 3. The van der Waals surface area contributed by atoms with Gasteiger partial charge in [0.2, 0.25) is 5.91 Å². The SMILES string of the molecule is Cc1cnnn1CC(=O)NCc1ccccc1F. The van der Waals surface area contributed by atoms with Gasteiger partial charge in [-0.2, -0.15) is 0 Å². The highest BCUT2D eigenvalue weighted by Gasteiger charge is 2.07. The van der Waals surface area contributed by atoms with Crippen LogP contribution in [0.25, 0.3) is 0 Å². The molecule has 94 valence electrons. The van der Waals surface area contributed by atoms with Crippen molar-refractivity contribution >= 4 is 5.91 Å². The summed E-state index contributed by atoms with van der Waals surface area (Å²) in [5.74, 6) is -0.554. The predicted octanol–water partition coefficient (Wildman–Crippen LogP) is 1.04. The average Bonchev–Trinajstić information content (AvgIpc) is 2.74. The predicted molar refractivity (Wildman–Crippen MR) is 63.0 cm³/mol. The summed E-state index contributed by atoms with van der Waals surface area (Å²) in [5.41, 5.74) is 1.26. The van der Waals surface area contributed by atoms with E-state index >= 15 is 0 Å². The average molecular weight is 248 g/mol. The molecule has 18 heavy (non-hydrogen) atoms. The highest BCUT2D eigenvalue weighted by Crippen LogP contribution is 2.05. The number of nitrogens with zero attached hydrogens (tertiary/aromatic N) is 3. The maximum absolute atomic E-state index is 13.3. The second-order valence-corrected chi connectivity index (χ2v) is 3.90. The second kappa shape index (κ2) is 5.39. The lowest BCUT2D eigenvalue weighted by Crippen LogP contribution is -2.28. The maximum Gasteiger partial charge on any atom is 0.242 e. The lowest BCUT2D eigenvalue weighted by Gasteiger charge is -2.06. The zero-order valence-electron chi connectivity index (χ0n) is 9.93. The molecule has 6 heteroatoms. The van der Waals surface area contributed by atoms with Gasteiger partial charge in [0.25, 0.3) is 0 Å². The fourth-order valence-corrected chi connectivity index (χ4v) is 1.49. The van der Waals surface area contributed by atoms with Crippen LogP contribution in [-0.4, -0.2) is 20.9 Å². The van der Waals surface area contributed by atoms with Gasteiger partial charge in [-0.3, -0.25) is 4.79 Å². The Morgan fingerprint density at radius 3 is 2.89 bits per heavy atom. The molecule has 2 aromatic rings. The van der Waals surface area contributed by atoms with E-state index in [1.807, 2.05) is 6.92 Å². The van der Waals surface area contributed by atoms with Crippen LogP contribution in [0.4, 0.5) is 4.39 Å². The summed E-state index contributed by atoms with van der Waals surface area (Å²) in [6, 6.07) is 6.34. The largest absolute Gasteiger partial charge is 0.350 e. The molecule has 0 aliphatic heterocycles. The Morgan fingerprint density at radius 2 is 2.22 bits per heavy atom. The molecule has 0 saturated heterocycles. The molecular formula is C12H13FN4O. The molecule has 1 aromatic carbocycles. The highest BCUT2D eigenvalue weighted by molar-refractivity contribution is 5.75. The second-order valence-electron chi connectivity index (χ2n) is 3.90. The summed E-state index contributed by atoms with van der Waals surface area (Å²) in [7, 11) is 0. The van der Waals surface area contributed by atoms with Crippen LogP contribution in [0.15, 0.2) is 30.5 Å². The number of nitrogens with one attached hydrogen (secondary N) is 1. The molecule has 1 aromatic heterocycles. The minimum Gasteiger partial charge on any atom is -0.350 e. The van der Waals surface area contributed by atoms with Crippen molar-refractivity contribution < 1.29 is 9.18 Å². The molecule has 0 aliphatic rings. The standard InChI is InChI=1S/C12H13FN4O/c1-9-6-15-16-17(9)8-12(18)14-7-10-4-2-3-5-11(10)13/h2-6H,7-8H2,1H3,(H,14,18). The van der Waals surface area contributed by atoms with Gasteiger partial charge in [-0.05, 0) is 13.0 Å². The number of amides is 1. The number of aryl methyl sites for hydroxylation is 1. The van der Waals surface area contributed by atoms with E-state index in [1.165, 1.54) is 10.7 Å². The van der Waals surface area contributed by atoms with Crippen LogP contribution in [0.3, 0.4) is 0 Å². The molecule has 0 saturated carbocycles. The third-order valence-corrected chi connectivity index (χ3v) is 2.54. The van der Waals surface area contributed by atoms with E-state index in [4.69, 9.17) is 0 Å². The van der Waals surface area contributed by atoms with E-state index in [2.05, 4.69) is 15.6 Å². The zero-order chi connectivity index (χ0) is 13.0. The lowest BCUT2D eigenvalue weighted by molar-refractivity contribution is -0.122. The van der Waals surface area contributed by atoms with Crippen LogP contribution in [0, 0.1) is 12.7 Å². The van der Waals surface area contributed by atoms with Crippen LogP contribution in [0.1, 0.15) is 11.3 Å². The van der Waals surface area contributed by atoms with Crippen molar-refractivity contribution in [2.45, 2.75) is 20.0 Å². The molecule has 0 unspecified atom stereocenters. The first kappa shape index (κ1) is 12.2. The normalized spacial score (nSPS) is 10.3. The number of carbonyl (C=O) groups excluding carboxylic acids is 1. The van der Waals surface area contributed by atoms with Gasteiger partial charge in [0, 0.05) is 12.1 Å². The summed E-state index contributed by atoms with van der Waals surface area (Å²) < 4.78 is 14.8. The topological polar surface area (TPSA) is 59.8 Å². The Labute approximate surface area is 104 Å². The number of rotatable bonds is 4. The molecular weight excluding hydrogens is 235 g/mol. The Morgan fingerprint density at radius 1 is 1.44 bits per heavy atom. The molecule has 0 radical (unpaired) electrons. The van der Waals surface area contributed by atoms with Gasteiger partial charge in [-0.1, -0.05) is 23.4 Å². The van der Waals surface area contributed by atoms with Crippen molar-refractivity contribution in [3.8, 4) is 0 Å². The van der Waals surface area contributed by atoms with Crippen LogP contribution in [-0.2, 0) is 17.9 Å². The summed E-state index contributed by atoms with van der Waals surface area (Å²) in [5, 5.41) is 10.1. The van der Waals surface area contributed by atoms with Crippen LogP contribution in [0.5, 0.6) is 0 Å². The summed E-state index contributed by atoms with van der Waals surface area (Å²) in [6.45, 7) is 2.06. The summed E-state index contributed by atoms with van der Waals surface area (Å²) >= 11 is 0. The quantitative estimate of drug-likeness (QED) is 0.879. The van der Waals surface area contributed by atoms with Gasteiger partial charge in [0.05, 0.1) is 11.9 Å². The minimum absolute atomic E-state index is 0.0836. The van der Waals surface area contributed by atoms with Crippen LogP contribution in [0.2, 0.25) is 0 Å². The first-order valence-corrected chi connectivity index (χ1v) is 5.52. The first-order valence-electron chi connectivity index (χ1n) is 5.52. The van der Waals surface area contributed by atoms with E-state index in [0.717, 1.165) is 5.69 Å². The van der Waals surface area contributed by atoms with Gasteiger partial charge >= 0.3 is 0 Å². The van der Waals surface area contributed by atoms with Gasteiger partial charge in [-0.15, -0.1) is 5.10 Å². The van der Waals surface area contributed by atoms with Gasteiger partial charge in [0.15, 0.2) is 0 Å². The number of hydrogen-bond donors (Lipinski definition) is 1. The molecule has 0 aliphatic carbocycles. The van der Waals surface area contributed by atoms with Crippen molar-refractivity contribution in [2.75, 3.05) is 0 Å². The third kappa shape index (κ3) is 2.91. The van der Waals surface area contributed by atoms with E-state index in [1.54, 1.807) is 24.4 Å². The Balaban J connectivity index is 1.90. The van der Waals surface area contributed by atoms with Gasteiger partial charge in [0.1, 0.15) is 12.4 Å². The fraction of sp³-hybridized carbons (Fsp3) is 0.250. The molecule has 1 N–H and O–H groups in total. The van der Waals surface area contributed by atoms with Crippen molar-refractivity contribution in [3.05, 3.63) is 47.5 Å². The molecule has 1 amide bonds. The van der Waals surface area contributed by atoms with Gasteiger partial charge in [-0.25, -0.2) is 9.07 Å². The van der Waals surface area contributed by atoms with Crippen molar-refractivity contribution in [2.24, 2.45) is 0 Å². The Hall–Kier alpha value is -2.24. The van der Waals surface area contributed by atoms with E-state index in [9.17, 15) is 9.18 Å². The van der Waals surface area contributed by atoms with Gasteiger partial charge < -0.3 is 5.32 Å². The molecule has 0 fully saturated rings. The van der Waals surface area contributed by atoms with Crippen LogP contribution >= 0.6 is 0 Å². The summed E-state index contributed by atoms with van der Waals surface area (Å²) in [6.07, 6.45) is 1.57. The molecule has 0 bridgehead atoms. The lowest BCUT2D eigenvalue weighted by atomic mass is 10.2. The smallest absolute Gasteiger partial charge is 0.242 e. The van der Waals surface area contributed by atoms with Crippen molar-refractivity contribution in [1.29, 1.82) is 0 Å². The van der Waals surface area contributed by atoms with Crippen molar-refractivity contribution in [1.82, 2.24) is 20.3 Å². The molecule has 1 heterocycles. The minimum atomic E-state index is -0.324.